The first kappa shape index (κ1) is 13.3. The van der Waals surface area contributed by atoms with Gasteiger partial charge in [0.05, 0.1) is 22.7 Å². The fourth-order valence-electron chi connectivity index (χ4n) is 1.76. The number of carbonyl (C=O) groups excluding carboxylic acids is 1. The smallest absolute Gasteiger partial charge is 0.341 e. The van der Waals surface area contributed by atoms with Crippen molar-refractivity contribution in [2.45, 2.75) is 13.8 Å². The summed E-state index contributed by atoms with van der Waals surface area (Å²) in [7, 11) is 0. The van der Waals surface area contributed by atoms with Crippen molar-refractivity contribution in [3.63, 3.8) is 0 Å². The molecule has 0 unspecified atom stereocenters. The maximum atomic E-state index is 11.7. The summed E-state index contributed by atoms with van der Waals surface area (Å²) in [6, 6.07) is 3.80. The summed E-state index contributed by atoms with van der Waals surface area (Å²) >= 11 is 9.66. The van der Waals surface area contributed by atoms with Gasteiger partial charge in [-0.15, -0.1) is 0 Å². The quantitative estimate of drug-likeness (QED) is 0.778. The Hall–Kier alpha value is -1.13. The summed E-state index contributed by atoms with van der Waals surface area (Å²) in [5.74, 6) is -0.450. The number of benzene rings is 1. The third kappa shape index (κ3) is 2.35. The number of nitrogens with zero attached hydrogens (tertiary/aromatic N) is 1. The van der Waals surface area contributed by atoms with Crippen molar-refractivity contribution in [3.05, 3.63) is 39.0 Å². The van der Waals surface area contributed by atoms with Crippen LogP contribution >= 0.6 is 27.5 Å². The standard InChI is InChI=1S/C13H11BrClNO2/c1-3-18-13(17)10-6-16-12-7(2)4-8(14)5-9(12)11(10)15/h4-6H,3H2,1-2H3. The number of fused-ring (bicyclic) bond motifs is 1. The number of pyridine rings is 1. The summed E-state index contributed by atoms with van der Waals surface area (Å²) in [5, 5.41) is 1.12. The van der Waals surface area contributed by atoms with Crippen LogP contribution in [0.1, 0.15) is 22.8 Å². The lowest BCUT2D eigenvalue weighted by Gasteiger charge is -2.08. The molecule has 0 radical (unpaired) electrons. The fraction of sp³-hybridized carbons (Fsp3) is 0.231. The Kier molecular flexibility index (Phi) is 3.88. The van der Waals surface area contributed by atoms with E-state index in [1.807, 2.05) is 19.1 Å². The summed E-state index contributed by atoms with van der Waals surface area (Å²) < 4.78 is 5.84. The second kappa shape index (κ2) is 5.24. The van der Waals surface area contributed by atoms with E-state index in [2.05, 4.69) is 20.9 Å². The molecule has 0 atom stereocenters. The number of halogens is 2. The Morgan fingerprint density at radius 3 is 2.89 bits per heavy atom. The van der Waals surface area contributed by atoms with Crippen LogP contribution in [0.5, 0.6) is 0 Å². The monoisotopic (exact) mass is 327 g/mol. The molecule has 0 amide bonds. The average molecular weight is 329 g/mol. The number of rotatable bonds is 2. The molecule has 0 aliphatic carbocycles. The van der Waals surface area contributed by atoms with Gasteiger partial charge in [0.25, 0.3) is 0 Å². The molecule has 2 aromatic rings. The largest absolute Gasteiger partial charge is 0.462 e. The van der Waals surface area contributed by atoms with Crippen LogP contribution in [0.25, 0.3) is 10.9 Å². The van der Waals surface area contributed by atoms with Crippen LogP contribution < -0.4 is 0 Å². The summed E-state index contributed by atoms with van der Waals surface area (Å²) in [6.45, 7) is 4.01. The minimum absolute atomic E-state index is 0.295. The van der Waals surface area contributed by atoms with E-state index >= 15 is 0 Å². The number of hydrogen-bond donors (Lipinski definition) is 0. The zero-order valence-electron chi connectivity index (χ0n) is 9.96. The average Bonchev–Trinajstić information content (AvgIpc) is 2.30. The van der Waals surface area contributed by atoms with E-state index in [1.54, 1.807) is 6.92 Å². The second-order valence-corrected chi connectivity index (χ2v) is 5.12. The van der Waals surface area contributed by atoms with E-state index in [1.165, 1.54) is 6.20 Å². The molecule has 3 nitrogen and oxygen atoms in total. The van der Waals surface area contributed by atoms with Crippen LogP contribution in [0.15, 0.2) is 22.8 Å². The van der Waals surface area contributed by atoms with Crippen molar-refractivity contribution in [2.75, 3.05) is 6.61 Å². The van der Waals surface area contributed by atoms with E-state index in [-0.39, 0.29) is 0 Å². The highest BCUT2D eigenvalue weighted by Gasteiger charge is 2.16. The molecule has 0 aliphatic rings. The Bertz CT molecular complexity index is 628. The number of aryl methyl sites for hydroxylation is 1. The molecule has 1 aromatic carbocycles. The van der Waals surface area contributed by atoms with Crippen LogP contribution in [0, 0.1) is 6.92 Å². The Labute approximate surface area is 118 Å². The van der Waals surface area contributed by atoms with Gasteiger partial charge in [-0.25, -0.2) is 4.79 Å². The third-order valence-electron chi connectivity index (χ3n) is 2.56. The van der Waals surface area contributed by atoms with Crippen LogP contribution in [0.4, 0.5) is 0 Å². The highest BCUT2D eigenvalue weighted by atomic mass is 79.9. The first-order valence-electron chi connectivity index (χ1n) is 5.46. The number of esters is 1. The minimum Gasteiger partial charge on any atom is -0.462 e. The molecule has 2 rings (SSSR count). The van der Waals surface area contributed by atoms with Crippen LogP contribution in [-0.4, -0.2) is 17.6 Å². The topological polar surface area (TPSA) is 39.2 Å². The van der Waals surface area contributed by atoms with Gasteiger partial charge in [0.2, 0.25) is 0 Å². The molecule has 1 heterocycles. The molecular formula is C13H11BrClNO2. The van der Waals surface area contributed by atoms with Gasteiger partial charge in [-0.1, -0.05) is 27.5 Å². The summed E-state index contributed by atoms with van der Waals surface area (Å²) in [5.41, 5.74) is 2.08. The van der Waals surface area contributed by atoms with Crippen LogP contribution in [-0.2, 0) is 4.74 Å². The second-order valence-electron chi connectivity index (χ2n) is 3.83. The highest BCUT2D eigenvalue weighted by molar-refractivity contribution is 9.10. The van der Waals surface area contributed by atoms with Crippen molar-refractivity contribution < 1.29 is 9.53 Å². The fourth-order valence-corrected chi connectivity index (χ4v) is 2.60. The van der Waals surface area contributed by atoms with Crippen molar-refractivity contribution in [3.8, 4) is 0 Å². The Morgan fingerprint density at radius 2 is 2.22 bits per heavy atom. The first-order chi connectivity index (χ1) is 8.54. The maximum absolute atomic E-state index is 11.7. The van der Waals surface area contributed by atoms with Gasteiger partial charge < -0.3 is 4.74 Å². The van der Waals surface area contributed by atoms with Crippen LogP contribution in [0.3, 0.4) is 0 Å². The van der Waals surface area contributed by atoms with Gasteiger partial charge in [-0.05, 0) is 31.5 Å². The van der Waals surface area contributed by atoms with Crippen LogP contribution in [0.2, 0.25) is 5.02 Å². The SMILES string of the molecule is CCOC(=O)c1cnc2c(C)cc(Br)cc2c1Cl. The van der Waals surface area contributed by atoms with Gasteiger partial charge in [0.15, 0.2) is 0 Å². The maximum Gasteiger partial charge on any atom is 0.341 e. The zero-order valence-corrected chi connectivity index (χ0v) is 12.3. The number of ether oxygens (including phenoxy) is 1. The predicted octanol–water partition coefficient (Wildman–Crippen LogP) is 4.14. The molecule has 1 aromatic heterocycles. The Morgan fingerprint density at radius 1 is 1.50 bits per heavy atom. The van der Waals surface area contributed by atoms with Gasteiger partial charge >= 0.3 is 5.97 Å². The predicted molar refractivity (Wildman–Crippen MR) is 75.1 cm³/mol. The third-order valence-corrected chi connectivity index (χ3v) is 3.42. The lowest BCUT2D eigenvalue weighted by molar-refractivity contribution is 0.0526. The molecule has 5 heteroatoms. The van der Waals surface area contributed by atoms with Gasteiger partial charge in [-0.3, -0.25) is 4.98 Å². The van der Waals surface area contributed by atoms with E-state index in [4.69, 9.17) is 16.3 Å². The number of aromatic nitrogens is 1. The molecule has 18 heavy (non-hydrogen) atoms. The van der Waals surface area contributed by atoms with Gasteiger partial charge in [0, 0.05) is 16.1 Å². The van der Waals surface area contributed by atoms with E-state index in [0.29, 0.717) is 17.2 Å². The van der Waals surface area contributed by atoms with Crippen molar-refractivity contribution in [1.29, 1.82) is 0 Å². The normalized spacial score (nSPS) is 10.7. The molecule has 0 saturated heterocycles. The molecular weight excluding hydrogens is 318 g/mol. The summed E-state index contributed by atoms with van der Waals surface area (Å²) in [4.78, 5) is 16.0. The lowest BCUT2D eigenvalue weighted by atomic mass is 10.1. The number of carbonyl (C=O) groups is 1. The van der Waals surface area contributed by atoms with Gasteiger partial charge in [-0.2, -0.15) is 0 Å². The van der Waals surface area contributed by atoms with Crippen molar-refractivity contribution in [2.24, 2.45) is 0 Å². The van der Waals surface area contributed by atoms with E-state index in [0.717, 1.165) is 20.9 Å². The summed E-state index contributed by atoms with van der Waals surface area (Å²) in [6.07, 6.45) is 1.46. The van der Waals surface area contributed by atoms with E-state index in [9.17, 15) is 4.79 Å². The Balaban J connectivity index is 2.67. The molecule has 0 aliphatic heterocycles. The van der Waals surface area contributed by atoms with Crippen molar-refractivity contribution in [1.82, 2.24) is 4.98 Å². The zero-order chi connectivity index (χ0) is 13.3. The number of hydrogen-bond acceptors (Lipinski definition) is 3. The molecule has 0 fully saturated rings. The molecule has 0 N–H and O–H groups in total. The van der Waals surface area contributed by atoms with Crippen molar-refractivity contribution >= 4 is 44.4 Å². The lowest BCUT2D eigenvalue weighted by Crippen LogP contribution is -2.06. The highest BCUT2D eigenvalue weighted by Crippen LogP contribution is 2.30. The van der Waals surface area contributed by atoms with Gasteiger partial charge in [0.1, 0.15) is 0 Å². The minimum atomic E-state index is -0.450. The first-order valence-corrected chi connectivity index (χ1v) is 6.63. The van der Waals surface area contributed by atoms with E-state index < -0.39 is 5.97 Å². The molecule has 94 valence electrons. The molecule has 0 saturated carbocycles. The molecule has 0 spiro atoms. The molecule has 0 bridgehead atoms.